The molecule has 2 heterocycles. The average molecular weight is 447 g/mol. The van der Waals surface area contributed by atoms with Crippen molar-refractivity contribution in [3.63, 3.8) is 0 Å². The van der Waals surface area contributed by atoms with Crippen LogP contribution in [0.15, 0.2) is 54.6 Å². The summed E-state index contributed by atoms with van der Waals surface area (Å²) in [5.41, 5.74) is 1.90. The van der Waals surface area contributed by atoms with Gasteiger partial charge in [0.15, 0.2) is 0 Å². The summed E-state index contributed by atoms with van der Waals surface area (Å²) in [6, 6.07) is 16.5. The van der Waals surface area contributed by atoms with E-state index in [1.54, 1.807) is 18.2 Å². The molecule has 0 radical (unpaired) electrons. The first-order chi connectivity index (χ1) is 14.0. The van der Waals surface area contributed by atoms with Crippen molar-refractivity contribution in [2.45, 2.75) is 43.9 Å². The van der Waals surface area contributed by atoms with Crippen LogP contribution in [0.25, 0.3) is 11.6 Å². The number of carbonyl (C=O) groups is 1. The van der Waals surface area contributed by atoms with Crippen LogP contribution in [0.5, 0.6) is 0 Å². The predicted molar refractivity (Wildman–Crippen MR) is 122 cm³/mol. The third-order valence-corrected chi connectivity index (χ3v) is 6.05. The summed E-state index contributed by atoms with van der Waals surface area (Å²) in [6.45, 7) is 0. The van der Waals surface area contributed by atoms with E-state index in [0.29, 0.717) is 23.2 Å². The van der Waals surface area contributed by atoms with Crippen molar-refractivity contribution in [2.24, 2.45) is 0 Å². The Kier molecular flexibility index (Phi) is 8.33. The second-order valence-corrected chi connectivity index (χ2v) is 7.82. The molecule has 2 aromatic rings. The molecule has 4 rings (SSSR count). The standard InChI is InChI=1S/C23H24N2O4.ClH.H2O/c1-24-19-11-12-20(24)15-21(14-19)29-23(26)22(13-16-5-3-2-4-6-16)17-7-9-18(10-8-17)25(27)28;;/h2-10,13,19-21H,11-12,14-15H2,1H3;1H;1H2/b22-13+;;/t19-,20+,21?;;. The van der Waals surface area contributed by atoms with Crippen LogP contribution in [0.4, 0.5) is 5.69 Å². The molecule has 2 fully saturated rings. The lowest BCUT2D eigenvalue weighted by Gasteiger charge is -2.35. The second kappa shape index (κ2) is 10.5. The third kappa shape index (κ3) is 5.50. The zero-order chi connectivity index (χ0) is 20.4. The van der Waals surface area contributed by atoms with E-state index >= 15 is 0 Å². The van der Waals surface area contributed by atoms with Gasteiger partial charge in [0.1, 0.15) is 6.10 Å². The molecule has 3 atom stereocenters. The van der Waals surface area contributed by atoms with Gasteiger partial charge in [0.2, 0.25) is 0 Å². The molecule has 0 aromatic heterocycles. The summed E-state index contributed by atoms with van der Waals surface area (Å²) < 4.78 is 5.92. The smallest absolute Gasteiger partial charge is 0.339 e. The van der Waals surface area contributed by atoms with E-state index in [4.69, 9.17) is 4.74 Å². The molecule has 8 heteroatoms. The fraction of sp³-hybridized carbons (Fsp3) is 0.348. The minimum atomic E-state index is -0.447. The molecule has 0 spiro atoms. The number of piperidine rings is 1. The first-order valence-electron chi connectivity index (χ1n) is 9.96. The van der Waals surface area contributed by atoms with Crippen LogP contribution in [0, 0.1) is 10.1 Å². The van der Waals surface area contributed by atoms with Gasteiger partial charge in [0.05, 0.1) is 10.5 Å². The molecule has 0 saturated carbocycles. The van der Waals surface area contributed by atoms with Gasteiger partial charge in [-0.05, 0) is 49.2 Å². The van der Waals surface area contributed by atoms with Crippen LogP contribution < -0.4 is 0 Å². The lowest BCUT2D eigenvalue weighted by Crippen LogP contribution is -2.43. The highest BCUT2D eigenvalue weighted by molar-refractivity contribution is 6.21. The summed E-state index contributed by atoms with van der Waals surface area (Å²) in [7, 11) is 2.15. The SMILES string of the molecule is CN1[C@@H]2CC[C@H]1CC(OC(=O)/C(=C/c1ccccc1)c1ccc([N+](=O)[O-])cc1)C2.Cl.O. The molecule has 2 bridgehead atoms. The fourth-order valence-corrected chi connectivity index (χ4v) is 4.41. The number of non-ortho nitro benzene ring substituents is 1. The number of fused-ring (bicyclic) bond motifs is 2. The number of nitro groups is 1. The summed E-state index contributed by atoms with van der Waals surface area (Å²) >= 11 is 0. The Morgan fingerprint density at radius 3 is 2.19 bits per heavy atom. The first-order valence-corrected chi connectivity index (χ1v) is 9.96. The molecular weight excluding hydrogens is 420 g/mol. The van der Waals surface area contributed by atoms with Crippen LogP contribution in [0.1, 0.15) is 36.8 Å². The quantitative estimate of drug-likeness (QED) is 0.228. The molecule has 0 aliphatic carbocycles. The lowest BCUT2D eigenvalue weighted by molar-refractivity contribution is -0.384. The molecule has 1 unspecified atom stereocenters. The number of nitro benzene ring substituents is 1. The molecule has 2 saturated heterocycles. The van der Waals surface area contributed by atoms with Gasteiger partial charge in [-0.3, -0.25) is 10.1 Å². The molecule has 2 aliphatic heterocycles. The average Bonchev–Trinajstić information content (AvgIpc) is 2.93. The Bertz CT molecular complexity index is 919. The monoisotopic (exact) mass is 446 g/mol. The number of hydrogen-bond donors (Lipinski definition) is 0. The van der Waals surface area contributed by atoms with Crippen LogP contribution in [-0.2, 0) is 9.53 Å². The van der Waals surface area contributed by atoms with Gasteiger partial charge in [-0.2, -0.15) is 0 Å². The van der Waals surface area contributed by atoms with Gasteiger partial charge in [-0.15, -0.1) is 12.4 Å². The maximum absolute atomic E-state index is 13.1. The molecule has 2 N–H and O–H groups in total. The maximum atomic E-state index is 13.1. The van der Waals surface area contributed by atoms with Crippen LogP contribution in [0.2, 0.25) is 0 Å². The van der Waals surface area contributed by atoms with E-state index in [0.717, 1.165) is 31.2 Å². The van der Waals surface area contributed by atoms with E-state index in [1.165, 1.54) is 12.1 Å². The number of esters is 1. The Balaban J connectivity index is 0.00000171. The van der Waals surface area contributed by atoms with Crippen molar-refractivity contribution < 1.29 is 19.9 Å². The molecule has 166 valence electrons. The topological polar surface area (TPSA) is 104 Å². The van der Waals surface area contributed by atoms with Crippen LogP contribution in [-0.4, -0.2) is 46.5 Å². The predicted octanol–water partition coefficient (Wildman–Crippen LogP) is 3.90. The van der Waals surface area contributed by atoms with Crippen molar-refractivity contribution in [3.8, 4) is 0 Å². The number of ether oxygens (including phenoxy) is 1. The third-order valence-electron chi connectivity index (χ3n) is 6.05. The van der Waals surface area contributed by atoms with Gasteiger partial charge >= 0.3 is 5.97 Å². The normalized spacial score (nSPS) is 22.7. The van der Waals surface area contributed by atoms with Crippen molar-refractivity contribution in [3.05, 3.63) is 75.8 Å². The zero-order valence-corrected chi connectivity index (χ0v) is 18.1. The van der Waals surface area contributed by atoms with Crippen molar-refractivity contribution in [2.75, 3.05) is 7.05 Å². The van der Waals surface area contributed by atoms with Gasteiger partial charge in [0, 0.05) is 37.1 Å². The Morgan fingerprint density at radius 1 is 1.06 bits per heavy atom. The summed E-state index contributed by atoms with van der Waals surface area (Å²) in [4.78, 5) is 26.0. The number of hydrogen-bond acceptors (Lipinski definition) is 5. The molecular formula is C23H27ClN2O5. The Morgan fingerprint density at radius 2 is 1.65 bits per heavy atom. The minimum absolute atomic E-state index is 0. The molecule has 2 aromatic carbocycles. The Labute approximate surface area is 187 Å². The minimum Gasteiger partial charge on any atom is -0.459 e. The van der Waals surface area contributed by atoms with Crippen molar-refractivity contribution in [1.29, 1.82) is 0 Å². The largest absolute Gasteiger partial charge is 0.459 e. The van der Waals surface area contributed by atoms with E-state index in [-0.39, 0.29) is 35.6 Å². The highest BCUT2D eigenvalue weighted by Gasteiger charge is 2.40. The molecule has 2 aliphatic rings. The zero-order valence-electron chi connectivity index (χ0n) is 17.3. The van der Waals surface area contributed by atoms with Gasteiger partial charge < -0.3 is 15.1 Å². The Hall–Kier alpha value is -2.74. The van der Waals surface area contributed by atoms with E-state index in [2.05, 4.69) is 11.9 Å². The summed E-state index contributed by atoms with van der Waals surface area (Å²) in [5.74, 6) is -0.378. The number of halogens is 1. The lowest BCUT2D eigenvalue weighted by atomic mass is 9.99. The molecule has 31 heavy (non-hydrogen) atoms. The van der Waals surface area contributed by atoms with Gasteiger partial charge in [-0.1, -0.05) is 30.3 Å². The number of nitrogens with zero attached hydrogens (tertiary/aromatic N) is 2. The summed E-state index contributed by atoms with van der Waals surface area (Å²) in [5, 5.41) is 11.0. The van der Waals surface area contributed by atoms with E-state index in [1.807, 2.05) is 30.3 Å². The van der Waals surface area contributed by atoms with Gasteiger partial charge in [-0.25, -0.2) is 4.79 Å². The molecule has 0 amide bonds. The van der Waals surface area contributed by atoms with E-state index < -0.39 is 4.92 Å². The second-order valence-electron chi connectivity index (χ2n) is 7.82. The summed E-state index contributed by atoms with van der Waals surface area (Å²) in [6.07, 6.45) is 5.73. The molecule has 7 nitrogen and oxygen atoms in total. The van der Waals surface area contributed by atoms with Crippen molar-refractivity contribution in [1.82, 2.24) is 4.90 Å². The van der Waals surface area contributed by atoms with Crippen molar-refractivity contribution >= 4 is 35.7 Å². The first kappa shape index (κ1) is 24.5. The van der Waals surface area contributed by atoms with Crippen LogP contribution >= 0.6 is 12.4 Å². The number of rotatable bonds is 5. The highest BCUT2D eigenvalue weighted by atomic mass is 35.5. The fourth-order valence-electron chi connectivity index (χ4n) is 4.41. The number of carbonyl (C=O) groups excluding carboxylic acids is 1. The van der Waals surface area contributed by atoms with Gasteiger partial charge in [0.25, 0.3) is 5.69 Å². The van der Waals surface area contributed by atoms with Crippen LogP contribution in [0.3, 0.4) is 0 Å². The highest BCUT2D eigenvalue weighted by Crippen LogP contribution is 2.36. The maximum Gasteiger partial charge on any atom is 0.339 e. The number of benzene rings is 2. The van der Waals surface area contributed by atoms with E-state index in [9.17, 15) is 14.9 Å².